The average Bonchev–Trinajstić information content (AvgIpc) is 3.29. The predicted octanol–water partition coefficient (Wildman–Crippen LogP) is 6.77. The van der Waals surface area contributed by atoms with Crippen molar-refractivity contribution < 1.29 is 64.6 Å². The zero-order valence-corrected chi connectivity index (χ0v) is 40.0. The van der Waals surface area contributed by atoms with Crippen molar-refractivity contribution >= 4 is 5.91 Å². The van der Waals surface area contributed by atoms with E-state index in [2.05, 4.69) is 19.2 Å². The number of aliphatic hydroxyl groups is 8. The lowest BCUT2D eigenvalue weighted by atomic mass is 9.97. The van der Waals surface area contributed by atoms with Crippen LogP contribution < -0.4 is 5.32 Å². The van der Waals surface area contributed by atoms with E-state index in [0.29, 0.717) is 6.42 Å². The number of aliphatic hydroxyl groups excluding tert-OH is 8. The van der Waals surface area contributed by atoms with E-state index in [1.54, 1.807) is 6.08 Å². The molecule has 2 heterocycles. The maximum absolute atomic E-state index is 13.2. The molecule has 14 nitrogen and oxygen atoms in total. The second-order valence-electron chi connectivity index (χ2n) is 18.7. The van der Waals surface area contributed by atoms with Crippen LogP contribution in [0.2, 0.25) is 0 Å². The second-order valence-corrected chi connectivity index (χ2v) is 18.7. The summed E-state index contributed by atoms with van der Waals surface area (Å²) in [4.78, 5) is 13.2. The van der Waals surface area contributed by atoms with Gasteiger partial charge in [-0.25, -0.2) is 0 Å². The summed E-state index contributed by atoms with van der Waals surface area (Å²) in [5, 5.41) is 86.7. The van der Waals surface area contributed by atoms with Gasteiger partial charge < -0.3 is 65.1 Å². The number of unbranched alkanes of at least 4 members (excludes halogenated alkanes) is 27. The predicted molar refractivity (Wildman–Crippen MR) is 249 cm³/mol. The first-order valence-corrected chi connectivity index (χ1v) is 25.9. The maximum atomic E-state index is 13.2. The van der Waals surface area contributed by atoms with Crippen LogP contribution in [0.4, 0.5) is 0 Å². The van der Waals surface area contributed by atoms with E-state index in [1.807, 2.05) is 6.08 Å². The molecule has 2 aliphatic rings. The topological polar surface area (TPSA) is 228 Å². The van der Waals surface area contributed by atoms with Gasteiger partial charge in [0.25, 0.3) is 0 Å². The molecule has 64 heavy (non-hydrogen) atoms. The van der Waals surface area contributed by atoms with Gasteiger partial charge in [0, 0.05) is 6.42 Å². The van der Waals surface area contributed by atoms with Gasteiger partial charge in [0.2, 0.25) is 5.91 Å². The molecule has 0 spiro atoms. The molecular weight excluding hydrogens is 823 g/mol. The highest BCUT2D eigenvalue weighted by molar-refractivity contribution is 5.76. The van der Waals surface area contributed by atoms with Crippen molar-refractivity contribution in [2.75, 3.05) is 19.8 Å². The highest BCUT2D eigenvalue weighted by Crippen LogP contribution is 2.30. The van der Waals surface area contributed by atoms with Crippen molar-refractivity contribution in [1.29, 1.82) is 0 Å². The van der Waals surface area contributed by atoms with Crippen LogP contribution >= 0.6 is 0 Å². The van der Waals surface area contributed by atoms with Crippen molar-refractivity contribution in [2.45, 2.75) is 280 Å². The van der Waals surface area contributed by atoms with Crippen LogP contribution in [0.25, 0.3) is 0 Å². The molecule has 0 radical (unpaired) electrons. The molecule has 2 aliphatic heterocycles. The molecule has 0 bridgehead atoms. The molecule has 2 fully saturated rings. The number of carbonyl (C=O) groups excluding carboxylic acids is 1. The van der Waals surface area contributed by atoms with E-state index in [1.165, 1.54) is 141 Å². The van der Waals surface area contributed by atoms with E-state index >= 15 is 0 Å². The lowest BCUT2D eigenvalue weighted by molar-refractivity contribution is -0.359. The van der Waals surface area contributed by atoms with Gasteiger partial charge in [-0.05, 0) is 19.3 Å². The van der Waals surface area contributed by atoms with Gasteiger partial charge in [-0.1, -0.05) is 193 Å². The number of hydrogen-bond donors (Lipinski definition) is 9. The molecule has 14 heteroatoms. The third-order valence-electron chi connectivity index (χ3n) is 13.0. The van der Waals surface area contributed by atoms with Gasteiger partial charge in [0.15, 0.2) is 12.6 Å². The fraction of sp³-hybridized carbons (Fsp3) is 0.940. The average molecular weight is 918 g/mol. The van der Waals surface area contributed by atoms with Crippen LogP contribution in [0.3, 0.4) is 0 Å². The zero-order valence-electron chi connectivity index (χ0n) is 40.0. The summed E-state index contributed by atoms with van der Waals surface area (Å²) in [6.07, 6.45) is 22.5. The standard InChI is InChI=1S/C50H95NO13/c1-3-5-7-9-11-13-15-17-18-19-20-21-22-24-26-28-30-32-34-42(55)51-38(39(54)33-31-29-27-25-23-16-14-12-10-8-6-4-2)37-61-49-47(60)45(58)48(41(36-53)63-49)64-50-46(59)44(57)43(56)40(35-52)62-50/h31,33,38-41,43-50,52-54,56-60H,3-30,32,34-37H2,1-2H3,(H,51,55)/b33-31+. The second kappa shape index (κ2) is 37.7. The molecule has 9 N–H and O–H groups in total. The first-order valence-electron chi connectivity index (χ1n) is 25.9. The van der Waals surface area contributed by atoms with Crippen molar-refractivity contribution in [1.82, 2.24) is 5.32 Å². The Bertz CT molecular complexity index is 1130. The highest BCUT2D eigenvalue weighted by Gasteiger charge is 2.51. The Hall–Kier alpha value is -1.27. The number of allylic oxidation sites excluding steroid dienone is 1. The van der Waals surface area contributed by atoms with Crippen molar-refractivity contribution in [3.63, 3.8) is 0 Å². The zero-order chi connectivity index (χ0) is 46.8. The molecule has 12 atom stereocenters. The molecule has 0 saturated carbocycles. The molecule has 0 aliphatic carbocycles. The first-order chi connectivity index (χ1) is 31.1. The van der Waals surface area contributed by atoms with Crippen LogP contribution in [0.15, 0.2) is 12.2 Å². The van der Waals surface area contributed by atoms with Crippen LogP contribution in [0.5, 0.6) is 0 Å². The van der Waals surface area contributed by atoms with Crippen molar-refractivity contribution in [3.8, 4) is 0 Å². The molecule has 2 saturated heterocycles. The lowest BCUT2D eigenvalue weighted by Crippen LogP contribution is -2.65. The number of carbonyl (C=O) groups is 1. The highest BCUT2D eigenvalue weighted by atomic mass is 16.7. The van der Waals surface area contributed by atoms with Crippen LogP contribution in [-0.4, -0.2) is 140 Å². The van der Waals surface area contributed by atoms with E-state index in [4.69, 9.17) is 18.9 Å². The normalized spacial score (nSPS) is 27.3. The van der Waals surface area contributed by atoms with E-state index in [0.717, 1.165) is 38.5 Å². The van der Waals surface area contributed by atoms with Crippen molar-refractivity contribution in [2.24, 2.45) is 0 Å². The number of ether oxygens (including phenoxy) is 4. The van der Waals surface area contributed by atoms with Gasteiger partial charge in [0.1, 0.15) is 48.8 Å². The molecule has 2 rings (SSSR count). The number of nitrogens with one attached hydrogen (secondary N) is 1. The summed E-state index contributed by atoms with van der Waals surface area (Å²) >= 11 is 0. The Kier molecular flexibility index (Phi) is 34.7. The number of hydrogen-bond acceptors (Lipinski definition) is 13. The number of rotatable bonds is 40. The maximum Gasteiger partial charge on any atom is 0.220 e. The lowest BCUT2D eigenvalue weighted by Gasteiger charge is -2.46. The Morgan fingerprint density at radius 1 is 0.547 bits per heavy atom. The SMILES string of the molecule is CCCCCCCCCCCC/C=C/C(O)C(COC1OC(CO)C(OC2OC(CO)C(O)C(O)C2O)C(O)C1O)NC(=O)CCCCCCCCCCCCCCCCCCCC. The molecule has 378 valence electrons. The smallest absolute Gasteiger partial charge is 0.220 e. The third kappa shape index (κ3) is 24.7. The minimum atomic E-state index is -1.78. The molecule has 0 aromatic heterocycles. The summed E-state index contributed by atoms with van der Waals surface area (Å²) in [5.41, 5.74) is 0. The quantitative estimate of drug-likeness (QED) is 0.0229. The fourth-order valence-electron chi connectivity index (χ4n) is 8.70. The Morgan fingerprint density at radius 3 is 1.44 bits per heavy atom. The molecular formula is C50H95NO13. The Labute approximate surface area is 386 Å². The van der Waals surface area contributed by atoms with Crippen LogP contribution in [-0.2, 0) is 23.7 Å². The summed E-state index contributed by atoms with van der Waals surface area (Å²) in [6.45, 7) is 2.79. The van der Waals surface area contributed by atoms with Gasteiger partial charge in [0.05, 0.1) is 32.0 Å². The van der Waals surface area contributed by atoms with Crippen molar-refractivity contribution in [3.05, 3.63) is 12.2 Å². The summed E-state index contributed by atoms with van der Waals surface area (Å²) in [7, 11) is 0. The first kappa shape index (κ1) is 58.9. The van der Waals surface area contributed by atoms with Gasteiger partial charge in [-0.3, -0.25) is 4.79 Å². The molecule has 0 aromatic rings. The van der Waals surface area contributed by atoms with E-state index in [9.17, 15) is 45.6 Å². The van der Waals surface area contributed by atoms with E-state index < -0.39 is 86.8 Å². The Balaban J connectivity index is 1.82. The van der Waals surface area contributed by atoms with Gasteiger partial charge in [-0.2, -0.15) is 0 Å². The monoisotopic (exact) mass is 918 g/mol. The van der Waals surface area contributed by atoms with Gasteiger partial charge in [-0.15, -0.1) is 0 Å². The van der Waals surface area contributed by atoms with E-state index in [-0.39, 0.29) is 18.9 Å². The summed E-state index contributed by atoms with van der Waals surface area (Å²) in [5.74, 6) is -0.237. The summed E-state index contributed by atoms with van der Waals surface area (Å²) < 4.78 is 22.7. The Morgan fingerprint density at radius 2 is 0.969 bits per heavy atom. The molecule has 0 aromatic carbocycles. The summed E-state index contributed by atoms with van der Waals surface area (Å²) in [6, 6.07) is -0.907. The minimum Gasteiger partial charge on any atom is -0.394 e. The number of amides is 1. The molecule has 1 amide bonds. The van der Waals surface area contributed by atoms with Crippen LogP contribution in [0, 0.1) is 0 Å². The largest absolute Gasteiger partial charge is 0.394 e. The van der Waals surface area contributed by atoms with Gasteiger partial charge >= 0.3 is 0 Å². The molecule has 12 unspecified atom stereocenters. The fourth-order valence-corrected chi connectivity index (χ4v) is 8.70. The third-order valence-corrected chi connectivity index (χ3v) is 13.0. The minimum absolute atomic E-state index is 0.237. The van der Waals surface area contributed by atoms with Crippen LogP contribution in [0.1, 0.15) is 206 Å².